The molecule has 0 amide bonds. The summed E-state index contributed by atoms with van der Waals surface area (Å²) < 4.78 is 1.22. The highest BCUT2D eigenvalue weighted by atomic mass is 35.5. The van der Waals surface area contributed by atoms with Gasteiger partial charge < -0.3 is 5.32 Å². The van der Waals surface area contributed by atoms with Gasteiger partial charge in [0.05, 0.1) is 17.5 Å². The number of hydrogen-bond donors (Lipinski definition) is 1. The molecule has 18 heavy (non-hydrogen) atoms. The number of halogens is 1. The van der Waals surface area contributed by atoms with Gasteiger partial charge in [0.15, 0.2) is 0 Å². The Bertz CT molecular complexity index is 571. The quantitative estimate of drug-likeness (QED) is 0.883. The van der Waals surface area contributed by atoms with Gasteiger partial charge in [-0.25, -0.2) is 0 Å². The van der Waals surface area contributed by atoms with Gasteiger partial charge in [-0.05, 0) is 12.5 Å². The summed E-state index contributed by atoms with van der Waals surface area (Å²) in [5.41, 5.74) is 0. The maximum atomic E-state index is 8.72. The Morgan fingerprint density at radius 1 is 1.44 bits per heavy atom. The Morgan fingerprint density at radius 2 is 2.22 bits per heavy atom. The molecule has 0 radical (unpaired) electrons. The van der Waals surface area contributed by atoms with Crippen molar-refractivity contribution >= 4 is 33.0 Å². The minimum Gasteiger partial charge on any atom is -0.308 e. The number of nitrogens with one attached hydrogen (secondary N) is 1. The molecule has 1 unspecified atom stereocenters. The predicted octanol–water partition coefficient (Wildman–Crippen LogP) is 4.34. The molecule has 2 aromatic rings. The fraction of sp³-hybridized carbons (Fsp3) is 0.357. The first-order valence-corrected chi connectivity index (χ1v) is 7.22. The van der Waals surface area contributed by atoms with Gasteiger partial charge in [-0.2, -0.15) is 5.26 Å². The Balaban J connectivity index is 2.12. The highest BCUT2D eigenvalue weighted by molar-refractivity contribution is 7.19. The van der Waals surface area contributed by atoms with E-state index in [-0.39, 0.29) is 6.04 Å². The van der Waals surface area contributed by atoms with Gasteiger partial charge in [0, 0.05) is 27.5 Å². The topological polar surface area (TPSA) is 35.8 Å². The van der Waals surface area contributed by atoms with Crippen LogP contribution in [0.15, 0.2) is 24.3 Å². The van der Waals surface area contributed by atoms with Crippen LogP contribution >= 0.6 is 22.9 Å². The monoisotopic (exact) mass is 278 g/mol. The molecule has 1 aromatic carbocycles. The Hall–Kier alpha value is -1.08. The van der Waals surface area contributed by atoms with E-state index in [2.05, 4.69) is 24.4 Å². The maximum Gasteiger partial charge on any atom is 0.0638 e. The van der Waals surface area contributed by atoms with Crippen LogP contribution in [0.4, 0.5) is 0 Å². The zero-order valence-corrected chi connectivity index (χ0v) is 11.8. The summed E-state index contributed by atoms with van der Waals surface area (Å²) >= 11 is 8.08. The van der Waals surface area contributed by atoms with E-state index in [0.717, 1.165) is 28.3 Å². The zero-order valence-electron chi connectivity index (χ0n) is 10.2. The van der Waals surface area contributed by atoms with Crippen molar-refractivity contribution in [3.63, 3.8) is 0 Å². The lowest BCUT2D eigenvalue weighted by Gasteiger charge is -2.12. The summed E-state index contributed by atoms with van der Waals surface area (Å²) in [5, 5.41) is 14.1. The third-order valence-electron chi connectivity index (χ3n) is 2.98. The number of benzene rings is 1. The highest BCUT2D eigenvalue weighted by Gasteiger charge is 2.11. The number of fused-ring (bicyclic) bond motifs is 1. The van der Waals surface area contributed by atoms with Crippen LogP contribution in [-0.4, -0.2) is 6.04 Å². The van der Waals surface area contributed by atoms with E-state index < -0.39 is 0 Å². The van der Waals surface area contributed by atoms with E-state index in [1.165, 1.54) is 4.70 Å². The van der Waals surface area contributed by atoms with Crippen LogP contribution in [0, 0.1) is 11.3 Å². The molecule has 0 spiro atoms. The molecule has 0 saturated heterocycles. The maximum absolute atomic E-state index is 8.72. The van der Waals surface area contributed by atoms with Gasteiger partial charge in [0.1, 0.15) is 0 Å². The normalized spacial score (nSPS) is 12.5. The van der Waals surface area contributed by atoms with E-state index in [1.807, 2.05) is 18.2 Å². The van der Waals surface area contributed by atoms with Crippen molar-refractivity contribution in [2.75, 3.05) is 0 Å². The highest BCUT2D eigenvalue weighted by Crippen LogP contribution is 2.35. The van der Waals surface area contributed by atoms with Gasteiger partial charge >= 0.3 is 0 Å². The number of rotatable bonds is 5. The average molecular weight is 279 g/mol. The van der Waals surface area contributed by atoms with Crippen molar-refractivity contribution in [3.8, 4) is 6.07 Å². The van der Waals surface area contributed by atoms with Gasteiger partial charge in [-0.15, -0.1) is 11.3 Å². The van der Waals surface area contributed by atoms with Gasteiger partial charge in [-0.1, -0.05) is 36.7 Å². The molecule has 1 N–H and O–H groups in total. The van der Waals surface area contributed by atoms with Crippen molar-refractivity contribution in [1.29, 1.82) is 5.26 Å². The molecule has 0 aliphatic rings. The summed E-state index contributed by atoms with van der Waals surface area (Å²) in [7, 11) is 0. The Labute approximate surface area is 116 Å². The average Bonchev–Trinajstić information content (AvgIpc) is 2.72. The fourth-order valence-corrected chi connectivity index (χ4v) is 3.34. The summed E-state index contributed by atoms with van der Waals surface area (Å²) in [5.74, 6) is 0. The predicted molar refractivity (Wildman–Crippen MR) is 78.0 cm³/mol. The molecular weight excluding hydrogens is 264 g/mol. The number of thiophene rings is 1. The van der Waals surface area contributed by atoms with E-state index in [9.17, 15) is 0 Å². The zero-order chi connectivity index (χ0) is 13.0. The summed E-state index contributed by atoms with van der Waals surface area (Å²) in [6.45, 7) is 2.82. The lowest BCUT2D eigenvalue weighted by Crippen LogP contribution is -2.27. The van der Waals surface area contributed by atoms with E-state index in [4.69, 9.17) is 16.9 Å². The Kier molecular flexibility index (Phi) is 4.60. The van der Waals surface area contributed by atoms with Crippen LogP contribution in [0.5, 0.6) is 0 Å². The van der Waals surface area contributed by atoms with Crippen LogP contribution in [-0.2, 0) is 6.54 Å². The van der Waals surface area contributed by atoms with Gasteiger partial charge in [0.25, 0.3) is 0 Å². The van der Waals surface area contributed by atoms with Crippen LogP contribution < -0.4 is 5.32 Å². The SMILES string of the molecule is CCC(CC#N)NCc1sc2ccccc2c1Cl. The van der Waals surface area contributed by atoms with Crippen LogP contribution in [0.1, 0.15) is 24.6 Å². The first kappa shape index (κ1) is 13.4. The van der Waals surface area contributed by atoms with Crippen LogP contribution in [0.3, 0.4) is 0 Å². The number of hydrogen-bond acceptors (Lipinski definition) is 3. The molecule has 1 aromatic heterocycles. The molecule has 0 saturated carbocycles. The third-order valence-corrected chi connectivity index (χ3v) is 4.70. The molecule has 0 aliphatic carbocycles. The summed E-state index contributed by atoms with van der Waals surface area (Å²) in [4.78, 5) is 1.15. The second-order valence-electron chi connectivity index (χ2n) is 4.18. The van der Waals surface area contributed by atoms with Crippen molar-refractivity contribution in [2.24, 2.45) is 0 Å². The minimum absolute atomic E-state index is 0.247. The largest absolute Gasteiger partial charge is 0.308 e. The van der Waals surface area contributed by atoms with E-state index in [0.29, 0.717) is 6.42 Å². The standard InChI is InChI=1S/C14H15ClN2S/c1-2-10(7-8-16)17-9-13-14(15)11-5-3-4-6-12(11)18-13/h3-6,10,17H,2,7,9H2,1H3. The molecule has 94 valence electrons. The van der Waals surface area contributed by atoms with Gasteiger partial charge in [0.2, 0.25) is 0 Å². The molecule has 4 heteroatoms. The molecule has 1 atom stereocenters. The van der Waals surface area contributed by atoms with E-state index in [1.54, 1.807) is 11.3 Å². The first-order valence-electron chi connectivity index (χ1n) is 6.02. The second-order valence-corrected chi connectivity index (χ2v) is 5.70. The lowest BCUT2D eigenvalue weighted by molar-refractivity contribution is 0.508. The molecule has 2 nitrogen and oxygen atoms in total. The molecular formula is C14H15ClN2S. The third kappa shape index (κ3) is 2.84. The molecule has 0 fully saturated rings. The number of nitriles is 1. The van der Waals surface area contributed by atoms with Crippen molar-refractivity contribution < 1.29 is 0 Å². The smallest absolute Gasteiger partial charge is 0.0638 e. The second kappa shape index (κ2) is 6.19. The summed E-state index contributed by atoms with van der Waals surface area (Å²) in [6.07, 6.45) is 1.50. The fourth-order valence-electron chi connectivity index (χ4n) is 1.89. The van der Waals surface area contributed by atoms with Gasteiger partial charge in [-0.3, -0.25) is 0 Å². The van der Waals surface area contributed by atoms with E-state index >= 15 is 0 Å². The minimum atomic E-state index is 0.247. The Morgan fingerprint density at radius 3 is 2.89 bits per heavy atom. The molecule has 2 rings (SSSR count). The van der Waals surface area contributed by atoms with Crippen LogP contribution in [0.2, 0.25) is 5.02 Å². The lowest BCUT2D eigenvalue weighted by atomic mass is 10.1. The summed E-state index contributed by atoms with van der Waals surface area (Å²) in [6, 6.07) is 10.6. The van der Waals surface area contributed by atoms with Crippen molar-refractivity contribution in [1.82, 2.24) is 5.32 Å². The van der Waals surface area contributed by atoms with Crippen LogP contribution in [0.25, 0.3) is 10.1 Å². The molecule has 1 heterocycles. The molecule has 0 aliphatic heterocycles. The number of nitrogens with zero attached hydrogens (tertiary/aromatic N) is 1. The van der Waals surface area contributed by atoms with Crippen molar-refractivity contribution in [3.05, 3.63) is 34.2 Å². The van der Waals surface area contributed by atoms with Crippen molar-refractivity contribution in [2.45, 2.75) is 32.4 Å². The first-order chi connectivity index (χ1) is 8.76. The molecule has 0 bridgehead atoms.